The van der Waals surface area contributed by atoms with Crippen LogP contribution in [0.1, 0.15) is 55.5 Å². The molecule has 1 N–H and O–H groups in total. The summed E-state index contributed by atoms with van der Waals surface area (Å²) in [5.74, 6) is 1.14. The van der Waals surface area contributed by atoms with Crippen molar-refractivity contribution in [1.82, 2.24) is 5.32 Å². The zero-order valence-corrected chi connectivity index (χ0v) is 17.9. The van der Waals surface area contributed by atoms with Gasteiger partial charge in [-0.25, -0.2) is 0 Å². The summed E-state index contributed by atoms with van der Waals surface area (Å²) in [7, 11) is 0. The maximum Gasteiger partial charge on any atom is 0.254 e. The van der Waals surface area contributed by atoms with Gasteiger partial charge >= 0.3 is 0 Å². The van der Waals surface area contributed by atoms with E-state index in [1.165, 1.54) is 6.92 Å². The van der Waals surface area contributed by atoms with Crippen LogP contribution in [-0.2, 0) is 16.1 Å². The maximum absolute atomic E-state index is 13.1. The molecule has 0 fully saturated rings. The minimum Gasteiger partial charge on any atom is -0.494 e. The van der Waals surface area contributed by atoms with Crippen LogP contribution < -0.4 is 15.0 Å². The number of hydrogen-bond acceptors (Lipinski definition) is 3. The molecule has 0 radical (unpaired) electrons. The molecule has 1 aliphatic rings. The molecule has 0 saturated heterocycles. The standard InChI is InChI=1S/C24H30N2O3/c1-15(2)10-11-29-20-8-6-19(7-9-20)14-26-23-17(4)12-16(3)13-21(23)22(24(26)28)25-18(5)27/h6-9,12-13,15,22H,10-11,14H2,1-5H3,(H,25,27)/t22-/m1/s1. The van der Waals surface area contributed by atoms with E-state index in [9.17, 15) is 9.59 Å². The van der Waals surface area contributed by atoms with Crippen molar-refractivity contribution in [1.29, 1.82) is 0 Å². The molecular formula is C24H30N2O3. The van der Waals surface area contributed by atoms with Crippen molar-refractivity contribution in [2.24, 2.45) is 5.92 Å². The fraction of sp³-hybridized carbons (Fsp3) is 0.417. The van der Waals surface area contributed by atoms with Crippen molar-refractivity contribution in [2.75, 3.05) is 11.5 Å². The minimum absolute atomic E-state index is 0.0961. The van der Waals surface area contributed by atoms with E-state index in [0.29, 0.717) is 19.1 Å². The molecule has 29 heavy (non-hydrogen) atoms. The number of fused-ring (bicyclic) bond motifs is 1. The number of benzene rings is 2. The summed E-state index contributed by atoms with van der Waals surface area (Å²) in [6.07, 6.45) is 1.02. The lowest BCUT2D eigenvalue weighted by Crippen LogP contribution is -2.36. The summed E-state index contributed by atoms with van der Waals surface area (Å²) in [4.78, 5) is 26.6. The van der Waals surface area contributed by atoms with E-state index in [0.717, 1.165) is 40.1 Å². The third-order valence-electron chi connectivity index (χ3n) is 5.14. The number of carbonyl (C=O) groups is 2. The molecule has 5 heteroatoms. The Bertz CT molecular complexity index is 903. The van der Waals surface area contributed by atoms with Crippen LogP contribution in [0.25, 0.3) is 0 Å². The van der Waals surface area contributed by atoms with E-state index >= 15 is 0 Å². The zero-order chi connectivity index (χ0) is 21.1. The molecule has 0 aromatic heterocycles. The molecule has 2 amide bonds. The van der Waals surface area contributed by atoms with Gasteiger partial charge in [-0.05, 0) is 49.4 Å². The highest BCUT2D eigenvalue weighted by Crippen LogP contribution is 2.40. The van der Waals surface area contributed by atoms with Crippen molar-refractivity contribution < 1.29 is 14.3 Å². The van der Waals surface area contributed by atoms with Gasteiger partial charge in [0, 0.05) is 12.5 Å². The van der Waals surface area contributed by atoms with Crippen LogP contribution in [0, 0.1) is 19.8 Å². The van der Waals surface area contributed by atoms with Crippen LogP contribution in [0.5, 0.6) is 5.75 Å². The van der Waals surface area contributed by atoms with Crippen LogP contribution in [0.15, 0.2) is 36.4 Å². The molecule has 0 spiro atoms. The Labute approximate surface area is 173 Å². The van der Waals surface area contributed by atoms with Gasteiger partial charge in [0.1, 0.15) is 11.8 Å². The first-order chi connectivity index (χ1) is 13.8. The van der Waals surface area contributed by atoms with Gasteiger partial charge in [0.2, 0.25) is 5.91 Å². The average molecular weight is 395 g/mol. The molecule has 2 aromatic rings. The van der Waals surface area contributed by atoms with E-state index in [2.05, 4.69) is 25.2 Å². The maximum atomic E-state index is 13.1. The largest absolute Gasteiger partial charge is 0.494 e. The Balaban J connectivity index is 1.80. The van der Waals surface area contributed by atoms with Crippen molar-refractivity contribution in [3.63, 3.8) is 0 Å². The predicted octanol–water partition coefficient (Wildman–Crippen LogP) is 4.45. The number of hydrogen-bond donors (Lipinski definition) is 1. The predicted molar refractivity (Wildman–Crippen MR) is 115 cm³/mol. The summed E-state index contributed by atoms with van der Waals surface area (Å²) in [5.41, 5.74) is 4.90. The van der Waals surface area contributed by atoms with Crippen molar-refractivity contribution in [2.45, 2.75) is 53.6 Å². The SMILES string of the molecule is CC(=O)N[C@H]1C(=O)N(Cc2ccc(OCCC(C)C)cc2)c2c(C)cc(C)cc21. The first-order valence-corrected chi connectivity index (χ1v) is 10.2. The van der Waals surface area contributed by atoms with Gasteiger partial charge in [-0.15, -0.1) is 0 Å². The number of aryl methyl sites for hydroxylation is 2. The van der Waals surface area contributed by atoms with Crippen molar-refractivity contribution >= 4 is 17.5 Å². The lowest BCUT2D eigenvalue weighted by Gasteiger charge is -2.20. The van der Waals surface area contributed by atoms with Crippen LogP contribution in [-0.4, -0.2) is 18.4 Å². The number of anilines is 1. The minimum atomic E-state index is -0.625. The number of nitrogens with zero attached hydrogens (tertiary/aromatic N) is 1. The summed E-state index contributed by atoms with van der Waals surface area (Å²) in [6.45, 7) is 11.0. The molecule has 2 aromatic carbocycles. The fourth-order valence-corrected chi connectivity index (χ4v) is 3.77. The molecule has 0 bridgehead atoms. The highest BCUT2D eigenvalue weighted by atomic mass is 16.5. The quantitative estimate of drug-likeness (QED) is 0.755. The highest BCUT2D eigenvalue weighted by molar-refractivity contribution is 6.06. The Kier molecular flexibility index (Phi) is 6.26. The number of ether oxygens (including phenoxy) is 1. The Hall–Kier alpha value is -2.82. The molecule has 1 atom stereocenters. The van der Waals surface area contributed by atoms with E-state index in [1.807, 2.05) is 44.2 Å². The number of carbonyl (C=O) groups excluding carboxylic acids is 2. The molecule has 0 unspecified atom stereocenters. The van der Waals surface area contributed by atoms with Crippen molar-refractivity contribution in [3.8, 4) is 5.75 Å². The topological polar surface area (TPSA) is 58.6 Å². The fourth-order valence-electron chi connectivity index (χ4n) is 3.77. The summed E-state index contributed by atoms with van der Waals surface area (Å²) in [5, 5.41) is 2.81. The molecule has 5 nitrogen and oxygen atoms in total. The Morgan fingerprint density at radius 2 is 1.86 bits per heavy atom. The molecule has 1 aliphatic heterocycles. The van der Waals surface area contributed by atoms with Crippen LogP contribution in [0.2, 0.25) is 0 Å². The van der Waals surface area contributed by atoms with E-state index in [-0.39, 0.29) is 11.8 Å². The lowest BCUT2D eigenvalue weighted by atomic mass is 10.0. The third-order valence-corrected chi connectivity index (χ3v) is 5.14. The van der Waals surface area contributed by atoms with Crippen LogP contribution in [0.4, 0.5) is 5.69 Å². The molecular weight excluding hydrogens is 364 g/mol. The molecule has 1 heterocycles. The van der Waals surface area contributed by atoms with Gasteiger partial charge < -0.3 is 15.0 Å². The monoisotopic (exact) mass is 394 g/mol. The van der Waals surface area contributed by atoms with Crippen molar-refractivity contribution in [3.05, 3.63) is 58.7 Å². The second-order valence-electron chi connectivity index (χ2n) is 8.25. The summed E-state index contributed by atoms with van der Waals surface area (Å²) in [6, 6.07) is 11.3. The Morgan fingerprint density at radius 1 is 1.17 bits per heavy atom. The number of rotatable bonds is 7. The molecule has 0 aliphatic carbocycles. The first-order valence-electron chi connectivity index (χ1n) is 10.2. The van der Waals surface area contributed by atoms with Crippen LogP contribution >= 0.6 is 0 Å². The Morgan fingerprint density at radius 3 is 2.48 bits per heavy atom. The lowest BCUT2D eigenvalue weighted by molar-refractivity contribution is -0.126. The van der Waals surface area contributed by atoms with Gasteiger partial charge in [-0.2, -0.15) is 0 Å². The van der Waals surface area contributed by atoms with E-state index in [4.69, 9.17) is 4.74 Å². The summed E-state index contributed by atoms with van der Waals surface area (Å²) >= 11 is 0. The average Bonchev–Trinajstić information content (AvgIpc) is 2.88. The van der Waals surface area contributed by atoms with Gasteiger partial charge in [-0.1, -0.05) is 43.7 Å². The van der Waals surface area contributed by atoms with Gasteiger partial charge in [0.25, 0.3) is 5.91 Å². The normalized spacial score (nSPS) is 15.6. The first kappa shape index (κ1) is 20.9. The van der Waals surface area contributed by atoms with Gasteiger partial charge in [-0.3, -0.25) is 9.59 Å². The third kappa shape index (κ3) is 4.78. The zero-order valence-electron chi connectivity index (χ0n) is 17.9. The second-order valence-corrected chi connectivity index (χ2v) is 8.25. The summed E-state index contributed by atoms with van der Waals surface area (Å²) < 4.78 is 5.78. The smallest absolute Gasteiger partial charge is 0.254 e. The molecule has 154 valence electrons. The second kappa shape index (κ2) is 8.68. The molecule has 0 saturated carbocycles. The van der Waals surface area contributed by atoms with E-state index in [1.54, 1.807) is 4.90 Å². The molecule has 3 rings (SSSR count). The van der Waals surface area contributed by atoms with Gasteiger partial charge in [0.15, 0.2) is 0 Å². The highest BCUT2D eigenvalue weighted by Gasteiger charge is 2.38. The van der Waals surface area contributed by atoms with Crippen LogP contribution in [0.3, 0.4) is 0 Å². The van der Waals surface area contributed by atoms with Gasteiger partial charge in [0.05, 0.1) is 18.8 Å². The number of amides is 2. The number of nitrogens with one attached hydrogen (secondary N) is 1. The van der Waals surface area contributed by atoms with E-state index < -0.39 is 6.04 Å².